The summed E-state index contributed by atoms with van der Waals surface area (Å²) in [5.41, 5.74) is 0.710. The smallest absolute Gasteiger partial charge is 0.337 e. The molecule has 0 aliphatic carbocycles. The van der Waals surface area contributed by atoms with Gasteiger partial charge >= 0.3 is 5.97 Å². The fraction of sp³-hybridized carbons (Fsp3) is 0.182. The molecule has 0 unspecified atom stereocenters. The zero-order valence-corrected chi connectivity index (χ0v) is 10.3. The lowest BCUT2D eigenvalue weighted by atomic mass is 10.1. The molecule has 5 heteroatoms. The third-order valence-electron chi connectivity index (χ3n) is 2.28. The molecule has 0 atom stereocenters. The van der Waals surface area contributed by atoms with Gasteiger partial charge in [-0.15, -0.1) is 0 Å². The van der Waals surface area contributed by atoms with E-state index < -0.39 is 5.97 Å². The molecule has 16 heavy (non-hydrogen) atoms. The third-order valence-corrected chi connectivity index (χ3v) is 3.13. The maximum Gasteiger partial charge on any atom is 0.337 e. The molecule has 0 amide bonds. The molecule has 1 aromatic heterocycles. The lowest BCUT2D eigenvalue weighted by Gasteiger charge is -2.05. The van der Waals surface area contributed by atoms with Gasteiger partial charge in [0, 0.05) is 9.86 Å². The number of carboxylic acid groups (broad SMARTS) is 1. The van der Waals surface area contributed by atoms with E-state index in [1.165, 1.54) is 13.2 Å². The molecule has 0 aliphatic rings. The Morgan fingerprint density at radius 3 is 2.75 bits per heavy atom. The summed E-state index contributed by atoms with van der Waals surface area (Å²) < 4.78 is 11.1. The van der Waals surface area contributed by atoms with Crippen molar-refractivity contribution in [3.05, 3.63) is 27.9 Å². The lowest BCUT2D eigenvalue weighted by Crippen LogP contribution is -1.99. The Hall–Kier alpha value is -1.49. The van der Waals surface area contributed by atoms with Gasteiger partial charge in [-0.05, 0) is 35.0 Å². The number of aromatic carboxylic acids is 1. The van der Waals surface area contributed by atoms with Crippen LogP contribution in [-0.2, 0) is 0 Å². The van der Waals surface area contributed by atoms with Gasteiger partial charge in [0.25, 0.3) is 0 Å². The number of carbonyl (C=O) groups is 1. The van der Waals surface area contributed by atoms with E-state index in [4.69, 9.17) is 14.3 Å². The van der Waals surface area contributed by atoms with Crippen molar-refractivity contribution in [2.24, 2.45) is 0 Å². The van der Waals surface area contributed by atoms with Crippen LogP contribution in [0, 0.1) is 6.92 Å². The Kier molecular flexibility index (Phi) is 2.63. The van der Waals surface area contributed by atoms with Gasteiger partial charge in [0.1, 0.15) is 5.76 Å². The normalized spacial score (nSPS) is 10.7. The minimum Gasteiger partial charge on any atom is -0.493 e. The zero-order valence-electron chi connectivity index (χ0n) is 8.70. The van der Waals surface area contributed by atoms with E-state index in [9.17, 15) is 4.79 Å². The molecule has 0 aliphatic heterocycles. The van der Waals surface area contributed by atoms with Gasteiger partial charge in [-0.3, -0.25) is 0 Å². The number of furan rings is 1. The molecule has 0 spiro atoms. The Morgan fingerprint density at radius 1 is 1.50 bits per heavy atom. The lowest BCUT2D eigenvalue weighted by molar-refractivity contribution is 0.0695. The van der Waals surface area contributed by atoms with Crippen LogP contribution < -0.4 is 4.74 Å². The topological polar surface area (TPSA) is 59.7 Å². The number of carboxylic acids is 1. The van der Waals surface area contributed by atoms with Crippen LogP contribution in [0.1, 0.15) is 16.1 Å². The first-order chi connectivity index (χ1) is 7.54. The van der Waals surface area contributed by atoms with Gasteiger partial charge in [0.05, 0.1) is 12.7 Å². The molecule has 2 rings (SSSR count). The second kappa shape index (κ2) is 3.83. The van der Waals surface area contributed by atoms with Crippen LogP contribution in [0.4, 0.5) is 0 Å². The van der Waals surface area contributed by atoms with Crippen molar-refractivity contribution in [3.8, 4) is 5.75 Å². The average Bonchev–Trinajstić information content (AvgIpc) is 2.60. The number of rotatable bonds is 2. The minimum atomic E-state index is -1.01. The highest BCUT2D eigenvalue weighted by atomic mass is 79.9. The van der Waals surface area contributed by atoms with E-state index in [1.54, 1.807) is 13.0 Å². The highest BCUT2D eigenvalue weighted by molar-refractivity contribution is 9.10. The molecule has 0 fully saturated rings. The average molecular weight is 285 g/mol. The van der Waals surface area contributed by atoms with Crippen molar-refractivity contribution in [2.75, 3.05) is 7.11 Å². The van der Waals surface area contributed by atoms with Crippen molar-refractivity contribution in [3.63, 3.8) is 0 Å². The summed E-state index contributed by atoms with van der Waals surface area (Å²) in [6.45, 7) is 1.80. The van der Waals surface area contributed by atoms with Gasteiger partial charge in [-0.1, -0.05) is 0 Å². The fourth-order valence-electron chi connectivity index (χ4n) is 1.57. The van der Waals surface area contributed by atoms with Crippen LogP contribution in [-0.4, -0.2) is 18.2 Å². The van der Waals surface area contributed by atoms with Crippen LogP contribution >= 0.6 is 15.9 Å². The number of aryl methyl sites for hydroxylation is 1. The van der Waals surface area contributed by atoms with Crippen LogP contribution in [0.5, 0.6) is 5.75 Å². The highest BCUT2D eigenvalue weighted by Crippen LogP contribution is 2.36. The van der Waals surface area contributed by atoms with Gasteiger partial charge < -0.3 is 14.3 Å². The molecule has 2 aromatic rings. The molecule has 1 heterocycles. The number of ether oxygens (including phenoxy) is 1. The summed E-state index contributed by atoms with van der Waals surface area (Å²) in [6.07, 6.45) is 0. The number of hydrogen-bond donors (Lipinski definition) is 1. The summed E-state index contributed by atoms with van der Waals surface area (Å²) in [6, 6.07) is 3.21. The first kappa shape index (κ1) is 11.0. The molecular weight excluding hydrogens is 276 g/mol. The highest BCUT2D eigenvalue weighted by Gasteiger charge is 2.18. The van der Waals surface area contributed by atoms with Crippen LogP contribution in [0.3, 0.4) is 0 Å². The molecule has 0 radical (unpaired) electrons. The minimum absolute atomic E-state index is 0.158. The SMILES string of the molecule is COc1cc(C(=O)O)c(Br)c2cc(C)oc12. The Bertz CT molecular complexity index is 571. The Morgan fingerprint density at radius 2 is 2.19 bits per heavy atom. The summed E-state index contributed by atoms with van der Waals surface area (Å²) in [5, 5.41) is 9.74. The maximum absolute atomic E-state index is 11.0. The summed E-state index contributed by atoms with van der Waals surface area (Å²) in [7, 11) is 1.48. The molecule has 0 saturated carbocycles. The van der Waals surface area contributed by atoms with E-state index in [-0.39, 0.29) is 5.56 Å². The van der Waals surface area contributed by atoms with Gasteiger partial charge in [0.2, 0.25) is 0 Å². The summed E-state index contributed by atoms with van der Waals surface area (Å²) in [5.74, 6) is 0.117. The fourth-order valence-corrected chi connectivity index (χ4v) is 2.15. The van der Waals surface area contributed by atoms with Crippen LogP contribution in [0.2, 0.25) is 0 Å². The molecular formula is C11H9BrO4. The zero-order chi connectivity index (χ0) is 11.9. The third kappa shape index (κ3) is 1.57. The Labute approximate surface area is 99.9 Å². The quantitative estimate of drug-likeness (QED) is 0.920. The summed E-state index contributed by atoms with van der Waals surface area (Å²) in [4.78, 5) is 11.0. The second-order valence-corrected chi connectivity index (χ2v) is 4.14. The van der Waals surface area contributed by atoms with Crippen LogP contribution in [0.15, 0.2) is 21.0 Å². The largest absolute Gasteiger partial charge is 0.493 e. The number of fused-ring (bicyclic) bond motifs is 1. The second-order valence-electron chi connectivity index (χ2n) is 3.35. The van der Waals surface area contributed by atoms with E-state index in [2.05, 4.69) is 15.9 Å². The van der Waals surface area contributed by atoms with E-state index >= 15 is 0 Å². The molecule has 0 saturated heterocycles. The molecule has 84 valence electrons. The van der Waals surface area contributed by atoms with Crippen LogP contribution in [0.25, 0.3) is 11.0 Å². The maximum atomic E-state index is 11.0. The summed E-state index contributed by atoms with van der Waals surface area (Å²) >= 11 is 3.26. The number of methoxy groups -OCH3 is 1. The molecule has 4 nitrogen and oxygen atoms in total. The number of hydrogen-bond acceptors (Lipinski definition) is 3. The van der Waals surface area contributed by atoms with Gasteiger partial charge in [-0.2, -0.15) is 0 Å². The number of benzene rings is 1. The predicted octanol–water partition coefficient (Wildman–Crippen LogP) is 3.21. The van der Waals surface area contributed by atoms with Crippen molar-refractivity contribution < 1.29 is 19.1 Å². The Balaban J connectivity index is 2.87. The van der Waals surface area contributed by atoms with Crippen molar-refractivity contribution >= 4 is 32.9 Å². The first-order valence-electron chi connectivity index (χ1n) is 4.54. The molecule has 1 N–H and O–H groups in total. The molecule has 1 aromatic carbocycles. The monoisotopic (exact) mass is 284 g/mol. The van der Waals surface area contributed by atoms with Crippen molar-refractivity contribution in [2.45, 2.75) is 6.92 Å². The standard InChI is InChI=1S/C11H9BrO4/c1-5-3-6-9(12)7(11(13)14)4-8(15-2)10(6)16-5/h3-4H,1-2H3,(H,13,14). The molecule has 0 bridgehead atoms. The van der Waals surface area contributed by atoms with E-state index in [0.717, 1.165) is 0 Å². The number of halogens is 1. The van der Waals surface area contributed by atoms with Gasteiger partial charge in [0.15, 0.2) is 11.3 Å². The van der Waals surface area contributed by atoms with Crippen molar-refractivity contribution in [1.29, 1.82) is 0 Å². The van der Waals surface area contributed by atoms with Gasteiger partial charge in [-0.25, -0.2) is 4.79 Å². The van der Waals surface area contributed by atoms with E-state index in [0.29, 0.717) is 27.0 Å². The predicted molar refractivity (Wildman–Crippen MR) is 62.2 cm³/mol. The van der Waals surface area contributed by atoms with Crippen molar-refractivity contribution in [1.82, 2.24) is 0 Å². The van der Waals surface area contributed by atoms with E-state index in [1.807, 2.05) is 0 Å². The first-order valence-corrected chi connectivity index (χ1v) is 5.34.